The third kappa shape index (κ3) is 5.45. The molecular weight excluding hydrogens is 248 g/mol. The second-order valence-corrected chi connectivity index (χ2v) is 3.85. The van der Waals surface area contributed by atoms with Crippen molar-refractivity contribution in [3.63, 3.8) is 0 Å². The molecule has 19 heavy (non-hydrogen) atoms. The van der Waals surface area contributed by atoms with Gasteiger partial charge in [0.1, 0.15) is 6.04 Å². The van der Waals surface area contributed by atoms with Crippen molar-refractivity contribution in [2.75, 3.05) is 26.8 Å². The molecule has 1 atom stereocenters. The minimum Gasteiger partial charge on any atom is -0.383 e. The van der Waals surface area contributed by atoms with Crippen LogP contribution in [-0.4, -0.2) is 49.6 Å². The van der Waals surface area contributed by atoms with E-state index in [0.29, 0.717) is 18.7 Å². The van der Waals surface area contributed by atoms with E-state index in [0.717, 1.165) is 0 Å². The maximum atomic E-state index is 11.6. The molecule has 1 unspecified atom stereocenters. The van der Waals surface area contributed by atoms with Crippen LogP contribution in [0, 0.1) is 0 Å². The van der Waals surface area contributed by atoms with Crippen molar-refractivity contribution in [3.8, 4) is 0 Å². The summed E-state index contributed by atoms with van der Waals surface area (Å²) in [6.45, 7) is 0.787. The van der Waals surface area contributed by atoms with E-state index < -0.39 is 6.04 Å². The van der Waals surface area contributed by atoms with E-state index in [4.69, 9.17) is 10.5 Å². The van der Waals surface area contributed by atoms with Crippen LogP contribution in [0.25, 0.3) is 0 Å². The highest BCUT2D eigenvalue weighted by Crippen LogP contribution is 1.94. The Morgan fingerprint density at radius 1 is 1.42 bits per heavy atom. The van der Waals surface area contributed by atoms with E-state index in [-0.39, 0.29) is 18.4 Å². The molecule has 4 N–H and O–H groups in total. The first-order chi connectivity index (χ1) is 9.15. The van der Waals surface area contributed by atoms with E-state index in [2.05, 4.69) is 15.6 Å². The number of nitrogens with two attached hydrogens (primary N) is 1. The molecule has 0 saturated carbocycles. The molecule has 0 aromatic carbocycles. The molecule has 104 valence electrons. The van der Waals surface area contributed by atoms with Crippen LogP contribution in [0.3, 0.4) is 0 Å². The molecular formula is C12H18N4O3. The Bertz CT molecular complexity index is 411. The molecule has 0 saturated heterocycles. The molecule has 0 aliphatic rings. The number of amides is 2. The standard InChI is InChI=1S/C12H18N4O3/c1-19-8-10(13)12(18)16-6-5-15-11(17)9-3-2-4-14-7-9/h2-4,7,10H,5-6,8,13H2,1H3,(H,15,17)(H,16,18). The molecule has 1 heterocycles. The lowest BCUT2D eigenvalue weighted by Crippen LogP contribution is -2.45. The number of ether oxygens (including phenoxy) is 1. The van der Waals surface area contributed by atoms with Crippen molar-refractivity contribution in [2.24, 2.45) is 5.73 Å². The van der Waals surface area contributed by atoms with E-state index >= 15 is 0 Å². The van der Waals surface area contributed by atoms with Gasteiger partial charge in [-0.3, -0.25) is 14.6 Å². The van der Waals surface area contributed by atoms with E-state index in [1.165, 1.54) is 13.3 Å². The monoisotopic (exact) mass is 266 g/mol. The summed E-state index contributed by atoms with van der Waals surface area (Å²) < 4.78 is 4.76. The molecule has 7 nitrogen and oxygen atoms in total. The fourth-order valence-electron chi connectivity index (χ4n) is 1.35. The normalized spacial score (nSPS) is 11.7. The lowest BCUT2D eigenvalue weighted by molar-refractivity contribution is -0.123. The first kappa shape index (κ1) is 15.1. The van der Waals surface area contributed by atoms with E-state index in [9.17, 15) is 9.59 Å². The summed E-state index contributed by atoms with van der Waals surface area (Å²) in [7, 11) is 1.47. The Balaban J connectivity index is 2.21. The highest BCUT2D eigenvalue weighted by atomic mass is 16.5. The predicted octanol–water partition coefficient (Wildman–Crippen LogP) is -1.10. The quantitative estimate of drug-likeness (QED) is 0.543. The summed E-state index contributed by atoms with van der Waals surface area (Å²) in [6.07, 6.45) is 3.07. The number of rotatable bonds is 7. The van der Waals surface area contributed by atoms with Gasteiger partial charge < -0.3 is 21.1 Å². The molecule has 0 aliphatic carbocycles. The van der Waals surface area contributed by atoms with Gasteiger partial charge >= 0.3 is 0 Å². The number of aromatic nitrogens is 1. The highest BCUT2D eigenvalue weighted by Gasteiger charge is 2.12. The minimum absolute atomic E-state index is 0.161. The number of carbonyl (C=O) groups is 2. The fourth-order valence-corrected chi connectivity index (χ4v) is 1.35. The van der Waals surface area contributed by atoms with Crippen LogP contribution in [0.1, 0.15) is 10.4 Å². The zero-order valence-corrected chi connectivity index (χ0v) is 10.8. The third-order valence-corrected chi connectivity index (χ3v) is 2.32. The maximum Gasteiger partial charge on any atom is 0.252 e. The highest BCUT2D eigenvalue weighted by molar-refractivity contribution is 5.93. The van der Waals surface area contributed by atoms with Gasteiger partial charge in [-0.2, -0.15) is 0 Å². The van der Waals surface area contributed by atoms with Gasteiger partial charge in [0, 0.05) is 32.6 Å². The molecule has 1 aromatic rings. The number of hydrogen-bond donors (Lipinski definition) is 3. The minimum atomic E-state index is -0.695. The third-order valence-electron chi connectivity index (χ3n) is 2.32. The van der Waals surface area contributed by atoms with Crippen molar-refractivity contribution in [3.05, 3.63) is 30.1 Å². The second kappa shape index (κ2) is 8.17. The van der Waals surface area contributed by atoms with Crippen LogP contribution >= 0.6 is 0 Å². The topological polar surface area (TPSA) is 106 Å². The predicted molar refractivity (Wildman–Crippen MR) is 69.4 cm³/mol. The van der Waals surface area contributed by atoms with Crippen molar-refractivity contribution < 1.29 is 14.3 Å². The van der Waals surface area contributed by atoms with Gasteiger partial charge in [-0.1, -0.05) is 0 Å². The second-order valence-electron chi connectivity index (χ2n) is 3.85. The van der Waals surface area contributed by atoms with Crippen molar-refractivity contribution in [1.82, 2.24) is 15.6 Å². The Morgan fingerprint density at radius 2 is 2.16 bits per heavy atom. The summed E-state index contributed by atoms with van der Waals surface area (Å²) in [5.41, 5.74) is 6.00. The zero-order chi connectivity index (χ0) is 14.1. The number of nitrogens with one attached hydrogen (secondary N) is 2. The molecule has 0 fully saturated rings. The number of pyridine rings is 1. The molecule has 1 aromatic heterocycles. The molecule has 0 bridgehead atoms. The van der Waals surface area contributed by atoms with Gasteiger partial charge in [0.15, 0.2) is 0 Å². The van der Waals surface area contributed by atoms with Gasteiger partial charge in [-0.05, 0) is 12.1 Å². The number of carbonyl (C=O) groups excluding carboxylic acids is 2. The number of hydrogen-bond acceptors (Lipinski definition) is 5. The number of methoxy groups -OCH3 is 1. The van der Waals surface area contributed by atoms with Crippen LogP contribution in [0.4, 0.5) is 0 Å². The van der Waals surface area contributed by atoms with Crippen LogP contribution in [-0.2, 0) is 9.53 Å². The molecule has 0 radical (unpaired) electrons. The summed E-state index contributed by atoms with van der Waals surface area (Å²) in [4.78, 5) is 26.9. The first-order valence-electron chi connectivity index (χ1n) is 5.85. The van der Waals surface area contributed by atoms with Crippen molar-refractivity contribution in [1.29, 1.82) is 0 Å². The Kier molecular flexibility index (Phi) is 6.48. The lowest BCUT2D eigenvalue weighted by atomic mass is 10.3. The average Bonchev–Trinajstić information content (AvgIpc) is 2.44. The van der Waals surface area contributed by atoms with Crippen LogP contribution in [0.5, 0.6) is 0 Å². The Hall–Kier alpha value is -1.99. The smallest absolute Gasteiger partial charge is 0.252 e. The van der Waals surface area contributed by atoms with Crippen LogP contribution in [0.2, 0.25) is 0 Å². The lowest BCUT2D eigenvalue weighted by Gasteiger charge is -2.11. The van der Waals surface area contributed by atoms with Gasteiger partial charge in [0.2, 0.25) is 5.91 Å². The number of nitrogens with zero attached hydrogens (tertiary/aromatic N) is 1. The van der Waals surface area contributed by atoms with Crippen LogP contribution in [0.15, 0.2) is 24.5 Å². The molecule has 0 spiro atoms. The Morgan fingerprint density at radius 3 is 2.79 bits per heavy atom. The van der Waals surface area contributed by atoms with E-state index in [1.54, 1.807) is 18.3 Å². The van der Waals surface area contributed by atoms with Gasteiger partial charge in [0.25, 0.3) is 5.91 Å². The summed E-state index contributed by atoms with van der Waals surface area (Å²) >= 11 is 0. The molecule has 2 amide bonds. The maximum absolute atomic E-state index is 11.6. The fraction of sp³-hybridized carbons (Fsp3) is 0.417. The zero-order valence-electron chi connectivity index (χ0n) is 10.8. The van der Waals surface area contributed by atoms with E-state index in [1.807, 2.05) is 0 Å². The van der Waals surface area contributed by atoms with Gasteiger partial charge in [-0.15, -0.1) is 0 Å². The first-order valence-corrected chi connectivity index (χ1v) is 5.85. The molecule has 7 heteroatoms. The van der Waals surface area contributed by atoms with Crippen molar-refractivity contribution >= 4 is 11.8 Å². The molecule has 0 aliphatic heterocycles. The summed E-state index contributed by atoms with van der Waals surface area (Å²) in [5.74, 6) is -0.541. The van der Waals surface area contributed by atoms with Gasteiger partial charge in [-0.25, -0.2) is 0 Å². The average molecular weight is 266 g/mol. The van der Waals surface area contributed by atoms with Crippen molar-refractivity contribution in [2.45, 2.75) is 6.04 Å². The molecule has 1 rings (SSSR count). The van der Waals surface area contributed by atoms with Gasteiger partial charge in [0.05, 0.1) is 12.2 Å². The summed E-state index contributed by atoms with van der Waals surface area (Å²) in [5, 5.41) is 5.26. The van der Waals surface area contributed by atoms with Crippen LogP contribution < -0.4 is 16.4 Å². The Labute approximate surface area is 111 Å². The summed E-state index contributed by atoms with van der Waals surface area (Å²) in [6, 6.07) is 2.65. The SMILES string of the molecule is COCC(N)C(=O)NCCNC(=O)c1cccnc1. The largest absolute Gasteiger partial charge is 0.383 e.